The molecule has 0 radical (unpaired) electrons. The van der Waals surface area contributed by atoms with Crippen LogP contribution in [-0.2, 0) is 6.42 Å². The molecule has 2 aromatic carbocycles. The van der Waals surface area contributed by atoms with Crippen molar-refractivity contribution >= 4 is 22.7 Å². The van der Waals surface area contributed by atoms with Gasteiger partial charge in [-0.25, -0.2) is 0 Å². The van der Waals surface area contributed by atoms with Crippen molar-refractivity contribution in [2.24, 2.45) is 10.2 Å². The summed E-state index contributed by atoms with van der Waals surface area (Å²) in [6.45, 7) is 7.94. The third-order valence-electron chi connectivity index (χ3n) is 5.53. The van der Waals surface area contributed by atoms with E-state index in [9.17, 15) is 10.1 Å². The Kier molecular flexibility index (Phi) is 6.62. The second-order valence-electron chi connectivity index (χ2n) is 8.34. The van der Waals surface area contributed by atoms with Crippen LogP contribution in [-0.4, -0.2) is 17.0 Å². The zero-order chi connectivity index (χ0) is 20.9. The van der Waals surface area contributed by atoms with Crippen LogP contribution in [0.1, 0.15) is 58.4 Å². The maximum Gasteiger partial charge on any atom is 0.269 e. The first kappa shape index (κ1) is 21.0. The highest BCUT2D eigenvalue weighted by molar-refractivity contribution is 5.65. The minimum absolute atomic E-state index is 0.0542. The van der Waals surface area contributed by atoms with Crippen molar-refractivity contribution in [2.75, 3.05) is 11.4 Å². The van der Waals surface area contributed by atoms with Crippen LogP contribution in [0.4, 0.5) is 22.7 Å². The fourth-order valence-electron chi connectivity index (χ4n) is 3.98. The predicted octanol–water partition coefficient (Wildman–Crippen LogP) is 7.12. The highest BCUT2D eigenvalue weighted by Gasteiger charge is 2.35. The largest absolute Gasteiger partial charge is 0.366 e. The molecule has 0 unspecified atom stereocenters. The van der Waals surface area contributed by atoms with Crippen molar-refractivity contribution in [1.82, 2.24) is 0 Å². The first-order valence-electron chi connectivity index (χ1n) is 10.5. The number of nitro benzene ring substituents is 1. The number of azo groups is 1. The average molecular weight is 395 g/mol. The molecule has 1 aliphatic heterocycles. The molecule has 0 bridgehead atoms. The molecular formula is C23H30N4O2. The quantitative estimate of drug-likeness (QED) is 0.197. The van der Waals surface area contributed by atoms with Gasteiger partial charge < -0.3 is 4.90 Å². The van der Waals surface area contributed by atoms with Gasteiger partial charge in [0.1, 0.15) is 0 Å². The summed E-state index contributed by atoms with van der Waals surface area (Å²) in [5.74, 6) is 0. The molecule has 154 valence electrons. The molecule has 0 aromatic heterocycles. The normalized spacial score (nSPS) is 15.1. The van der Waals surface area contributed by atoms with Gasteiger partial charge in [0.2, 0.25) is 0 Å². The molecule has 0 fully saturated rings. The summed E-state index contributed by atoms with van der Waals surface area (Å²) in [6, 6.07) is 12.4. The van der Waals surface area contributed by atoms with Crippen LogP contribution in [0.3, 0.4) is 0 Å². The molecule has 1 aliphatic rings. The van der Waals surface area contributed by atoms with Crippen molar-refractivity contribution in [3.05, 3.63) is 58.1 Å². The van der Waals surface area contributed by atoms with Crippen LogP contribution >= 0.6 is 0 Å². The Balaban J connectivity index is 1.68. The highest BCUT2D eigenvalue weighted by Crippen LogP contribution is 2.40. The smallest absolute Gasteiger partial charge is 0.269 e. The fraction of sp³-hybridized carbons (Fsp3) is 0.478. The number of anilines is 1. The van der Waals surface area contributed by atoms with E-state index in [-0.39, 0.29) is 11.2 Å². The monoisotopic (exact) mass is 394 g/mol. The van der Waals surface area contributed by atoms with Gasteiger partial charge in [0.25, 0.3) is 5.69 Å². The first-order chi connectivity index (χ1) is 13.9. The topological polar surface area (TPSA) is 71.1 Å². The molecule has 6 nitrogen and oxygen atoms in total. The molecule has 0 atom stereocenters. The van der Waals surface area contributed by atoms with Crippen LogP contribution in [0.25, 0.3) is 0 Å². The van der Waals surface area contributed by atoms with Crippen LogP contribution in [0.2, 0.25) is 0 Å². The molecule has 0 amide bonds. The summed E-state index contributed by atoms with van der Waals surface area (Å²) in [4.78, 5) is 12.9. The highest BCUT2D eigenvalue weighted by atomic mass is 16.6. The van der Waals surface area contributed by atoms with Crippen LogP contribution in [0, 0.1) is 10.1 Å². The summed E-state index contributed by atoms with van der Waals surface area (Å²) in [6.07, 6.45) is 7.43. The van der Waals surface area contributed by atoms with E-state index in [0.717, 1.165) is 18.7 Å². The molecule has 0 saturated heterocycles. The summed E-state index contributed by atoms with van der Waals surface area (Å²) in [7, 11) is 0. The standard InChI is InChI=1S/C23H30N4O2/c1-4-5-6-7-8-15-26-22-14-11-20(16-18(22)17-23(26,2)3)25-24-19-9-12-21(13-10-19)27(28)29/h9-14,16H,4-8,15,17H2,1-3H3. The second-order valence-corrected chi connectivity index (χ2v) is 8.34. The van der Waals surface area contributed by atoms with Crippen LogP contribution < -0.4 is 4.90 Å². The van der Waals surface area contributed by atoms with Gasteiger partial charge in [-0.05, 0) is 62.6 Å². The summed E-state index contributed by atoms with van der Waals surface area (Å²) >= 11 is 0. The van der Waals surface area contributed by atoms with Crippen molar-refractivity contribution in [1.29, 1.82) is 0 Å². The fourth-order valence-corrected chi connectivity index (χ4v) is 3.98. The van der Waals surface area contributed by atoms with E-state index in [1.165, 1.54) is 55.5 Å². The van der Waals surface area contributed by atoms with Crippen molar-refractivity contribution in [2.45, 2.75) is 64.8 Å². The van der Waals surface area contributed by atoms with E-state index in [4.69, 9.17) is 0 Å². The lowest BCUT2D eigenvalue weighted by molar-refractivity contribution is -0.384. The average Bonchev–Trinajstić information content (AvgIpc) is 2.95. The number of nitro groups is 1. The van der Waals surface area contributed by atoms with Crippen LogP contribution in [0.15, 0.2) is 52.7 Å². The predicted molar refractivity (Wildman–Crippen MR) is 118 cm³/mol. The van der Waals surface area contributed by atoms with Gasteiger partial charge >= 0.3 is 0 Å². The van der Waals surface area contributed by atoms with Gasteiger partial charge in [-0.3, -0.25) is 10.1 Å². The zero-order valence-corrected chi connectivity index (χ0v) is 17.6. The Morgan fingerprint density at radius 3 is 2.34 bits per heavy atom. The third kappa shape index (κ3) is 5.19. The van der Waals surface area contributed by atoms with Gasteiger partial charge in [0.15, 0.2) is 0 Å². The van der Waals surface area contributed by atoms with E-state index in [0.29, 0.717) is 5.69 Å². The van der Waals surface area contributed by atoms with Crippen molar-refractivity contribution in [3.63, 3.8) is 0 Å². The molecule has 0 spiro atoms. The number of nitrogens with zero attached hydrogens (tertiary/aromatic N) is 4. The van der Waals surface area contributed by atoms with Crippen molar-refractivity contribution < 1.29 is 4.92 Å². The van der Waals surface area contributed by atoms with Crippen LogP contribution in [0.5, 0.6) is 0 Å². The molecule has 1 heterocycles. The zero-order valence-electron chi connectivity index (χ0n) is 17.6. The molecule has 6 heteroatoms. The van der Waals surface area contributed by atoms with E-state index in [1.54, 1.807) is 12.1 Å². The molecule has 0 N–H and O–H groups in total. The SMILES string of the molecule is CCCCCCCN1c2ccc(N=Nc3ccc([N+](=O)[O-])cc3)cc2CC1(C)C. The number of rotatable bonds is 9. The second kappa shape index (κ2) is 9.16. The Morgan fingerprint density at radius 2 is 1.66 bits per heavy atom. The number of unbranched alkanes of at least 4 members (excludes halogenated alkanes) is 4. The van der Waals surface area contributed by atoms with E-state index < -0.39 is 4.92 Å². The Bertz CT molecular complexity index is 875. The number of non-ortho nitro benzene ring substituents is 1. The first-order valence-corrected chi connectivity index (χ1v) is 10.5. The van der Waals surface area contributed by atoms with Gasteiger partial charge in [-0.15, -0.1) is 0 Å². The molecule has 0 saturated carbocycles. The Labute approximate surface area is 172 Å². The van der Waals surface area contributed by atoms with E-state index in [2.05, 4.69) is 48.0 Å². The van der Waals surface area contributed by atoms with Gasteiger partial charge in [-0.1, -0.05) is 32.6 Å². The molecule has 2 aromatic rings. The number of hydrogen-bond donors (Lipinski definition) is 0. The Hall–Kier alpha value is -2.76. The lowest BCUT2D eigenvalue weighted by atomic mass is 9.99. The minimum Gasteiger partial charge on any atom is -0.366 e. The molecule has 29 heavy (non-hydrogen) atoms. The number of fused-ring (bicyclic) bond motifs is 1. The molecule has 3 rings (SSSR count). The van der Waals surface area contributed by atoms with Crippen molar-refractivity contribution in [3.8, 4) is 0 Å². The molecular weight excluding hydrogens is 364 g/mol. The Morgan fingerprint density at radius 1 is 1.00 bits per heavy atom. The van der Waals surface area contributed by atoms with Gasteiger partial charge in [-0.2, -0.15) is 10.2 Å². The minimum atomic E-state index is -0.418. The number of hydrogen-bond acceptors (Lipinski definition) is 5. The lowest BCUT2D eigenvalue weighted by Gasteiger charge is -2.34. The van der Waals surface area contributed by atoms with E-state index >= 15 is 0 Å². The molecule has 0 aliphatic carbocycles. The lowest BCUT2D eigenvalue weighted by Crippen LogP contribution is -2.41. The third-order valence-corrected chi connectivity index (χ3v) is 5.53. The summed E-state index contributed by atoms with van der Waals surface area (Å²) in [5.41, 5.74) is 4.19. The summed E-state index contributed by atoms with van der Waals surface area (Å²) in [5, 5.41) is 19.3. The van der Waals surface area contributed by atoms with E-state index in [1.807, 2.05) is 6.07 Å². The summed E-state index contributed by atoms with van der Waals surface area (Å²) < 4.78 is 0. The maximum atomic E-state index is 10.7. The van der Waals surface area contributed by atoms with Gasteiger partial charge in [0.05, 0.1) is 16.3 Å². The van der Waals surface area contributed by atoms with Gasteiger partial charge in [0, 0.05) is 29.9 Å². The number of benzene rings is 2. The maximum absolute atomic E-state index is 10.7.